The number of hydrogen-bond donors (Lipinski definition) is 1. The Labute approximate surface area is 98.6 Å². The number of aromatic nitrogens is 3. The molecule has 2 aromatic heterocycles. The first-order valence-electron chi connectivity index (χ1n) is 5.25. The van der Waals surface area contributed by atoms with Crippen molar-refractivity contribution in [3.63, 3.8) is 0 Å². The van der Waals surface area contributed by atoms with Gasteiger partial charge in [0.1, 0.15) is 11.5 Å². The average molecular weight is 234 g/mol. The van der Waals surface area contributed by atoms with Crippen LogP contribution in [0.25, 0.3) is 11.5 Å². The van der Waals surface area contributed by atoms with Crippen molar-refractivity contribution >= 4 is 17.2 Å². The standard InChI is InChI=1S/C11H14N4S/c1-3-4-8-5-10(12)15-11(14-8)9-6-16-7(2)13-9/h5-6H,3-4H2,1-2H3,(H2,12,14,15). The monoisotopic (exact) mass is 234 g/mol. The van der Waals surface area contributed by atoms with E-state index in [9.17, 15) is 0 Å². The molecule has 84 valence electrons. The second-order valence-corrected chi connectivity index (χ2v) is 4.67. The van der Waals surface area contributed by atoms with Gasteiger partial charge in [0.05, 0.1) is 5.01 Å². The van der Waals surface area contributed by atoms with Crippen molar-refractivity contribution in [3.05, 3.63) is 22.1 Å². The average Bonchev–Trinajstić information content (AvgIpc) is 2.64. The minimum atomic E-state index is 0.513. The van der Waals surface area contributed by atoms with Crippen molar-refractivity contribution in [2.75, 3.05) is 5.73 Å². The molecule has 0 fully saturated rings. The fraction of sp³-hybridized carbons (Fsp3) is 0.364. The lowest BCUT2D eigenvalue weighted by Crippen LogP contribution is -2.00. The van der Waals surface area contributed by atoms with Crippen molar-refractivity contribution in [2.45, 2.75) is 26.7 Å². The quantitative estimate of drug-likeness (QED) is 0.886. The molecule has 2 aromatic rings. The highest BCUT2D eigenvalue weighted by atomic mass is 32.1. The number of thiazole rings is 1. The third kappa shape index (κ3) is 2.36. The summed E-state index contributed by atoms with van der Waals surface area (Å²) in [6.45, 7) is 4.08. The Balaban J connectivity index is 2.40. The summed E-state index contributed by atoms with van der Waals surface area (Å²) in [4.78, 5) is 13.0. The Morgan fingerprint density at radius 1 is 1.31 bits per heavy atom. The van der Waals surface area contributed by atoms with Crippen LogP contribution in [0.15, 0.2) is 11.4 Å². The molecule has 0 unspecified atom stereocenters. The number of nitrogen functional groups attached to an aromatic ring is 1. The Morgan fingerprint density at radius 3 is 2.75 bits per heavy atom. The van der Waals surface area contributed by atoms with Crippen LogP contribution in [0, 0.1) is 6.92 Å². The molecule has 0 aliphatic rings. The van der Waals surface area contributed by atoms with Gasteiger partial charge < -0.3 is 5.73 Å². The molecule has 0 bridgehead atoms. The summed E-state index contributed by atoms with van der Waals surface area (Å²) in [6.07, 6.45) is 1.97. The second-order valence-electron chi connectivity index (χ2n) is 3.61. The largest absolute Gasteiger partial charge is 0.384 e. The third-order valence-corrected chi connectivity index (χ3v) is 2.93. The van der Waals surface area contributed by atoms with Crippen LogP contribution in [-0.2, 0) is 6.42 Å². The second kappa shape index (κ2) is 4.57. The van der Waals surface area contributed by atoms with Gasteiger partial charge in [0, 0.05) is 17.1 Å². The summed E-state index contributed by atoms with van der Waals surface area (Å²) in [7, 11) is 0. The summed E-state index contributed by atoms with van der Waals surface area (Å²) in [5, 5.41) is 2.97. The zero-order chi connectivity index (χ0) is 11.5. The number of nitrogens with zero attached hydrogens (tertiary/aromatic N) is 3. The predicted octanol–water partition coefficient (Wildman–Crippen LogP) is 2.44. The topological polar surface area (TPSA) is 64.7 Å². The zero-order valence-corrected chi connectivity index (χ0v) is 10.2. The molecule has 0 spiro atoms. The van der Waals surface area contributed by atoms with Gasteiger partial charge in [0.15, 0.2) is 5.82 Å². The maximum atomic E-state index is 5.76. The van der Waals surface area contributed by atoms with E-state index < -0.39 is 0 Å². The van der Waals surface area contributed by atoms with Crippen LogP contribution in [0.3, 0.4) is 0 Å². The molecule has 0 radical (unpaired) electrons. The molecule has 0 aromatic carbocycles. The predicted molar refractivity (Wildman–Crippen MR) is 66.3 cm³/mol. The fourth-order valence-electron chi connectivity index (χ4n) is 1.48. The summed E-state index contributed by atoms with van der Waals surface area (Å²) < 4.78 is 0. The van der Waals surface area contributed by atoms with Gasteiger partial charge in [-0.25, -0.2) is 15.0 Å². The minimum absolute atomic E-state index is 0.513. The molecule has 2 rings (SSSR count). The van der Waals surface area contributed by atoms with Gasteiger partial charge >= 0.3 is 0 Å². The van der Waals surface area contributed by atoms with Crippen LogP contribution >= 0.6 is 11.3 Å². The summed E-state index contributed by atoms with van der Waals surface area (Å²) in [6, 6.07) is 1.83. The summed E-state index contributed by atoms with van der Waals surface area (Å²) in [5.41, 5.74) is 7.55. The molecular formula is C11H14N4S. The van der Waals surface area contributed by atoms with Gasteiger partial charge in [-0.05, 0) is 13.3 Å². The lowest BCUT2D eigenvalue weighted by Gasteiger charge is -2.02. The van der Waals surface area contributed by atoms with Gasteiger partial charge in [0.2, 0.25) is 0 Å². The first-order chi connectivity index (χ1) is 7.69. The number of rotatable bonds is 3. The van der Waals surface area contributed by atoms with E-state index in [4.69, 9.17) is 5.73 Å². The van der Waals surface area contributed by atoms with Crippen molar-refractivity contribution in [2.24, 2.45) is 0 Å². The fourth-order valence-corrected chi connectivity index (χ4v) is 2.07. The minimum Gasteiger partial charge on any atom is -0.384 e. The Kier molecular flexibility index (Phi) is 3.14. The van der Waals surface area contributed by atoms with Gasteiger partial charge in [-0.1, -0.05) is 13.3 Å². The smallest absolute Gasteiger partial charge is 0.181 e. The van der Waals surface area contributed by atoms with E-state index in [1.54, 1.807) is 11.3 Å². The molecule has 5 heteroatoms. The van der Waals surface area contributed by atoms with Crippen molar-refractivity contribution in [1.29, 1.82) is 0 Å². The highest BCUT2D eigenvalue weighted by Crippen LogP contribution is 2.19. The first-order valence-corrected chi connectivity index (χ1v) is 6.13. The van der Waals surface area contributed by atoms with E-state index in [0.29, 0.717) is 11.6 Å². The summed E-state index contributed by atoms with van der Waals surface area (Å²) >= 11 is 1.59. The molecule has 16 heavy (non-hydrogen) atoms. The zero-order valence-electron chi connectivity index (χ0n) is 9.40. The molecule has 0 saturated heterocycles. The van der Waals surface area contributed by atoms with E-state index in [1.807, 2.05) is 18.4 Å². The highest BCUT2D eigenvalue weighted by Gasteiger charge is 2.07. The van der Waals surface area contributed by atoms with E-state index in [0.717, 1.165) is 29.2 Å². The lowest BCUT2D eigenvalue weighted by molar-refractivity contribution is 0.875. The maximum Gasteiger partial charge on any atom is 0.181 e. The van der Waals surface area contributed by atoms with Crippen LogP contribution in [-0.4, -0.2) is 15.0 Å². The van der Waals surface area contributed by atoms with Gasteiger partial charge in [-0.3, -0.25) is 0 Å². The van der Waals surface area contributed by atoms with Crippen molar-refractivity contribution in [3.8, 4) is 11.5 Å². The van der Waals surface area contributed by atoms with Gasteiger partial charge in [-0.15, -0.1) is 11.3 Å². The van der Waals surface area contributed by atoms with Crippen LogP contribution in [0.5, 0.6) is 0 Å². The van der Waals surface area contributed by atoms with Crippen LogP contribution in [0.1, 0.15) is 24.0 Å². The van der Waals surface area contributed by atoms with Crippen LogP contribution in [0.4, 0.5) is 5.82 Å². The number of aryl methyl sites for hydroxylation is 2. The Bertz CT molecular complexity index is 492. The SMILES string of the molecule is CCCc1cc(N)nc(-c2csc(C)n2)n1. The van der Waals surface area contributed by atoms with Crippen LogP contribution in [0.2, 0.25) is 0 Å². The molecule has 2 N–H and O–H groups in total. The number of hydrogen-bond acceptors (Lipinski definition) is 5. The van der Waals surface area contributed by atoms with E-state index >= 15 is 0 Å². The van der Waals surface area contributed by atoms with E-state index in [1.165, 1.54) is 0 Å². The molecule has 0 saturated carbocycles. The Morgan fingerprint density at radius 2 is 2.12 bits per heavy atom. The molecule has 0 aliphatic heterocycles. The van der Waals surface area contributed by atoms with Crippen LogP contribution < -0.4 is 5.73 Å². The lowest BCUT2D eigenvalue weighted by atomic mass is 10.2. The molecule has 0 atom stereocenters. The van der Waals surface area contributed by atoms with Gasteiger partial charge in [-0.2, -0.15) is 0 Å². The third-order valence-electron chi connectivity index (χ3n) is 2.15. The first kappa shape index (κ1) is 11.0. The molecule has 0 aliphatic carbocycles. The van der Waals surface area contributed by atoms with Gasteiger partial charge in [0.25, 0.3) is 0 Å². The van der Waals surface area contributed by atoms with Crippen molar-refractivity contribution < 1.29 is 0 Å². The molecule has 4 nitrogen and oxygen atoms in total. The number of anilines is 1. The summed E-state index contributed by atoms with van der Waals surface area (Å²) in [5.74, 6) is 1.15. The Hall–Kier alpha value is -1.49. The highest BCUT2D eigenvalue weighted by molar-refractivity contribution is 7.09. The molecular weight excluding hydrogens is 220 g/mol. The molecule has 0 amide bonds. The molecule has 2 heterocycles. The number of nitrogens with two attached hydrogens (primary N) is 1. The maximum absolute atomic E-state index is 5.76. The van der Waals surface area contributed by atoms with Crippen molar-refractivity contribution in [1.82, 2.24) is 15.0 Å². The van der Waals surface area contributed by atoms with E-state index in [-0.39, 0.29) is 0 Å². The van der Waals surface area contributed by atoms with E-state index in [2.05, 4.69) is 21.9 Å². The normalized spacial score (nSPS) is 10.6.